The fourth-order valence-electron chi connectivity index (χ4n) is 2.35. The molecule has 11 nitrogen and oxygen atoms in total. The number of aliphatic carboxylic acids is 1. The predicted molar refractivity (Wildman–Crippen MR) is 101 cm³/mol. The third kappa shape index (κ3) is 9.86. The maximum atomic E-state index is 12.7. The molecule has 0 bridgehead atoms. The van der Waals surface area contributed by atoms with Gasteiger partial charge in [-0.15, -0.1) is 0 Å². The molecule has 28 heavy (non-hydrogen) atoms. The van der Waals surface area contributed by atoms with Crippen molar-refractivity contribution in [2.75, 3.05) is 6.54 Å². The smallest absolute Gasteiger partial charge is 0.322 e. The molecule has 11 heteroatoms. The molecule has 0 aromatic carbocycles. The van der Waals surface area contributed by atoms with Crippen molar-refractivity contribution in [3.8, 4) is 0 Å². The van der Waals surface area contributed by atoms with E-state index in [-0.39, 0.29) is 24.7 Å². The van der Waals surface area contributed by atoms with Gasteiger partial charge in [0.05, 0.1) is 12.5 Å². The summed E-state index contributed by atoms with van der Waals surface area (Å²) in [5.41, 5.74) is 10.6. The minimum Gasteiger partial charge on any atom is -0.480 e. The van der Waals surface area contributed by atoms with Crippen LogP contribution in [0.5, 0.6) is 0 Å². The van der Waals surface area contributed by atoms with Gasteiger partial charge >= 0.3 is 5.97 Å². The summed E-state index contributed by atoms with van der Waals surface area (Å²) in [5.74, 6) is -4.23. The van der Waals surface area contributed by atoms with Crippen LogP contribution in [0.15, 0.2) is 0 Å². The summed E-state index contributed by atoms with van der Waals surface area (Å²) < 4.78 is 0. The molecule has 0 aromatic rings. The Morgan fingerprint density at radius 1 is 0.929 bits per heavy atom. The maximum absolute atomic E-state index is 12.7. The lowest BCUT2D eigenvalue weighted by Crippen LogP contribution is -2.57. The Morgan fingerprint density at radius 3 is 1.93 bits per heavy atom. The number of carbonyl (C=O) groups excluding carboxylic acids is 4. The molecule has 8 N–H and O–H groups in total. The first kappa shape index (κ1) is 25.3. The first-order chi connectivity index (χ1) is 12.8. The van der Waals surface area contributed by atoms with E-state index in [1.807, 2.05) is 13.8 Å². The van der Waals surface area contributed by atoms with E-state index in [1.54, 1.807) is 13.8 Å². The van der Waals surface area contributed by atoms with Gasteiger partial charge in [-0.05, 0) is 18.3 Å². The number of hydrogen-bond donors (Lipinski definition) is 6. The van der Waals surface area contributed by atoms with Crippen LogP contribution >= 0.6 is 0 Å². The minimum atomic E-state index is -1.21. The van der Waals surface area contributed by atoms with Crippen molar-refractivity contribution >= 4 is 29.6 Å². The average molecular weight is 401 g/mol. The largest absolute Gasteiger partial charge is 0.480 e. The summed E-state index contributed by atoms with van der Waals surface area (Å²) in [5, 5.41) is 15.9. The normalized spacial score (nSPS) is 14.1. The Labute approximate surface area is 164 Å². The highest BCUT2D eigenvalue weighted by molar-refractivity contribution is 5.94. The number of carbonyl (C=O) groups is 5. The van der Waals surface area contributed by atoms with E-state index in [9.17, 15) is 24.0 Å². The lowest BCUT2D eigenvalue weighted by atomic mass is 9.99. The Balaban J connectivity index is 5.19. The minimum absolute atomic E-state index is 0.0294. The number of rotatable bonds is 12. The van der Waals surface area contributed by atoms with Crippen LogP contribution in [0, 0.1) is 11.8 Å². The number of nitrogens with one attached hydrogen (secondary N) is 3. The molecular weight excluding hydrogens is 370 g/mol. The zero-order chi connectivity index (χ0) is 22.0. The summed E-state index contributed by atoms with van der Waals surface area (Å²) in [4.78, 5) is 58.5. The molecule has 0 saturated carbocycles. The maximum Gasteiger partial charge on any atom is 0.322 e. The Kier molecular flexibility index (Phi) is 10.8. The standard InChI is InChI=1S/C17H31N5O6/c1-8(2)5-11(21-15(26)10(18)6-12(19)23)16(27)22-14(9(3)4)17(28)20-7-13(24)25/h8-11,14H,5-7,18H2,1-4H3,(H2,19,23)(H,20,28)(H,21,26)(H,22,27)(H,24,25). The fraction of sp³-hybridized carbons (Fsp3) is 0.706. The third-order valence-corrected chi connectivity index (χ3v) is 3.76. The Morgan fingerprint density at radius 2 is 1.50 bits per heavy atom. The Bertz CT molecular complexity index is 593. The number of carboxylic acid groups (broad SMARTS) is 1. The molecule has 0 aromatic heterocycles. The zero-order valence-corrected chi connectivity index (χ0v) is 16.7. The predicted octanol–water partition coefficient (Wildman–Crippen LogP) is -1.94. The second kappa shape index (κ2) is 11.9. The highest BCUT2D eigenvalue weighted by Gasteiger charge is 2.30. The molecule has 3 atom stereocenters. The molecule has 0 fully saturated rings. The van der Waals surface area contributed by atoms with E-state index in [4.69, 9.17) is 16.6 Å². The highest BCUT2D eigenvalue weighted by Crippen LogP contribution is 2.08. The van der Waals surface area contributed by atoms with Crippen molar-refractivity contribution in [1.29, 1.82) is 0 Å². The van der Waals surface area contributed by atoms with Crippen molar-refractivity contribution < 1.29 is 29.1 Å². The van der Waals surface area contributed by atoms with Gasteiger partial charge < -0.3 is 32.5 Å². The van der Waals surface area contributed by atoms with Crippen LogP contribution in [0.3, 0.4) is 0 Å². The van der Waals surface area contributed by atoms with Crippen molar-refractivity contribution in [3.05, 3.63) is 0 Å². The van der Waals surface area contributed by atoms with Crippen LogP contribution < -0.4 is 27.4 Å². The van der Waals surface area contributed by atoms with Gasteiger partial charge in [-0.1, -0.05) is 27.7 Å². The zero-order valence-electron chi connectivity index (χ0n) is 16.7. The van der Waals surface area contributed by atoms with E-state index >= 15 is 0 Å². The monoisotopic (exact) mass is 401 g/mol. The molecule has 0 heterocycles. The molecule has 0 rings (SSSR count). The van der Waals surface area contributed by atoms with Gasteiger partial charge in [0.15, 0.2) is 0 Å². The third-order valence-electron chi connectivity index (χ3n) is 3.76. The van der Waals surface area contributed by atoms with E-state index in [0.29, 0.717) is 0 Å². The number of carboxylic acids is 1. The van der Waals surface area contributed by atoms with Gasteiger partial charge in [-0.3, -0.25) is 24.0 Å². The molecule has 3 unspecified atom stereocenters. The molecule has 4 amide bonds. The summed E-state index contributed by atoms with van der Waals surface area (Å²) in [7, 11) is 0. The van der Waals surface area contributed by atoms with E-state index in [0.717, 1.165) is 0 Å². The number of amides is 4. The van der Waals surface area contributed by atoms with E-state index < -0.39 is 54.3 Å². The molecule has 0 aliphatic heterocycles. The van der Waals surface area contributed by atoms with E-state index in [1.165, 1.54) is 0 Å². The van der Waals surface area contributed by atoms with Crippen LogP contribution in [0.4, 0.5) is 0 Å². The molecule has 160 valence electrons. The van der Waals surface area contributed by atoms with Gasteiger partial charge in [0, 0.05) is 0 Å². The first-order valence-electron chi connectivity index (χ1n) is 8.99. The molecule has 0 spiro atoms. The SMILES string of the molecule is CC(C)CC(NC(=O)C(N)CC(N)=O)C(=O)NC(C(=O)NCC(=O)O)C(C)C. The average Bonchev–Trinajstić information content (AvgIpc) is 2.55. The van der Waals surface area contributed by atoms with Crippen LogP contribution in [-0.4, -0.2) is 59.4 Å². The van der Waals surface area contributed by atoms with Gasteiger partial charge in [0.1, 0.15) is 18.6 Å². The van der Waals surface area contributed by atoms with Crippen molar-refractivity contribution in [2.24, 2.45) is 23.3 Å². The van der Waals surface area contributed by atoms with Crippen LogP contribution in [-0.2, 0) is 24.0 Å². The van der Waals surface area contributed by atoms with Gasteiger partial charge in [0.2, 0.25) is 23.6 Å². The fourth-order valence-corrected chi connectivity index (χ4v) is 2.35. The summed E-state index contributed by atoms with van der Waals surface area (Å²) in [6, 6.07) is -3.17. The quantitative estimate of drug-likeness (QED) is 0.219. The van der Waals surface area contributed by atoms with Crippen LogP contribution in [0.1, 0.15) is 40.5 Å². The summed E-state index contributed by atoms with van der Waals surface area (Å²) in [6.07, 6.45) is -0.101. The molecule has 0 radical (unpaired) electrons. The van der Waals surface area contributed by atoms with Crippen LogP contribution in [0.2, 0.25) is 0 Å². The second-order valence-electron chi connectivity index (χ2n) is 7.31. The number of nitrogens with two attached hydrogens (primary N) is 2. The molecule has 0 aliphatic rings. The van der Waals surface area contributed by atoms with Crippen LogP contribution in [0.25, 0.3) is 0 Å². The number of primary amides is 1. The van der Waals surface area contributed by atoms with Gasteiger partial charge in [0.25, 0.3) is 0 Å². The van der Waals surface area contributed by atoms with E-state index in [2.05, 4.69) is 16.0 Å². The summed E-state index contributed by atoms with van der Waals surface area (Å²) in [6.45, 7) is 6.48. The lowest BCUT2D eigenvalue weighted by molar-refractivity contribution is -0.139. The highest BCUT2D eigenvalue weighted by atomic mass is 16.4. The first-order valence-corrected chi connectivity index (χ1v) is 8.99. The van der Waals surface area contributed by atoms with Crippen molar-refractivity contribution in [3.63, 3.8) is 0 Å². The van der Waals surface area contributed by atoms with Gasteiger partial charge in [-0.25, -0.2) is 0 Å². The molecule has 0 aliphatic carbocycles. The summed E-state index contributed by atoms with van der Waals surface area (Å²) >= 11 is 0. The van der Waals surface area contributed by atoms with Gasteiger partial charge in [-0.2, -0.15) is 0 Å². The second-order valence-corrected chi connectivity index (χ2v) is 7.31. The molecular formula is C17H31N5O6. The number of hydrogen-bond acceptors (Lipinski definition) is 6. The molecule has 0 saturated heterocycles. The lowest BCUT2D eigenvalue weighted by Gasteiger charge is -2.26. The Hall–Kier alpha value is -2.69. The van der Waals surface area contributed by atoms with Crippen molar-refractivity contribution in [2.45, 2.75) is 58.7 Å². The van der Waals surface area contributed by atoms with Crippen molar-refractivity contribution in [1.82, 2.24) is 16.0 Å². The topological polar surface area (TPSA) is 194 Å².